The SMILES string of the molecule is CCCCNC(=O)[C@H](C)N(Cc1cccc(OC)c1)C(=O)CCN1C(=O)c2ccccc2S1(=O)=O. The van der Waals surface area contributed by atoms with E-state index in [0.29, 0.717) is 12.3 Å². The highest BCUT2D eigenvalue weighted by Gasteiger charge is 2.41. The lowest BCUT2D eigenvalue weighted by atomic mass is 10.1. The minimum absolute atomic E-state index is 0.0608. The van der Waals surface area contributed by atoms with E-state index < -0.39 is 27.9 Å². The largest absolute Gasteiger partial charge is 0.497 e. The summed E-state index contributed by atoms with van der Waals surface area (Å²) in [5, 5.41) is 2.84. The zero-order chi connectivity index (χ0) is 25.6. The van der Waals surface area contributed by atoms with E-state index in [-0.39, 0.29) is 35.9 Å². The molecule has 0 spiro atoms. The predicted octanol–water partition coefficient (Wildman–Crippen LogP) is 2.56. The highest BCUT2D eigenvalue weighted by molar-refractivity contribution is 7.90. The van der Waals surface area contributed by atoms with Gasteiger partial charge in [0.05, 0.1) is 12.7 Å². The van der Waals surface area contributed by atoms with Gasteiger partial charge in [-0.1, -0.05) is 37.6 Å². The molecule has 2 aromatic carbocycles. The van der Waals surface area contributed by atoms with E-state index in [4.69, 9.17) is 4.74 Å². The monoisotopic (exact) mass is 501 g/mol. The van der Waals surface area contributed by atoms with Crippen LogP contribution in [0.15, 0.2) is 53.4 Å². The number of sulfonamides is 1. The third-order valence-corrected chi connectivity index (χ3v) is 7.77. The fraction of sp³-hybridized carbons (Fsp3) is 0.400. The second-order valence-corrected chi connectivity index (χ2v) is 10.2. The van der Waals surface area contributed by atoms with E-state index in [2.05, 4.69) is 5.32 Å². The van der Waals surface area contributed by atoms with Gasteiger partial charge in [0.2, 0.25) is 11.8 Å². The molecule has 1 aliphatic rings. The molecule has 188 valence electrons. The smallest absolute Gasteiger partial charge is 0.269 e. The quantitative estimate of drug-likeness (QED) is 0.474. The summed E-state index contributed by atoms with van der Waals surface area (Å²) >= 11 is 0. The Balaban J connectivity index is 1.78. The zero-order valence-electron chi connectivity index (χ0n) is 20.2. The van der Waals surface area contributed by atoms with Gasteiger partial charge in [0.1, 0.15) is 16.7 Å². The molecule has 1 heterocycles. The Bertz CT molecular complexity index is 1200. The Morgan fingerprint density at radius 2 is 1.89 bits per heavy atom. The summed E-state index contributed by atoms with van der Waals surface area (Å²) < 4.78 is 31.6. The van der Waals surface area contributed by atoms with Crippen LogP contribution in [-0.2, 0) is 26.2 Å². The van der Waals surface area contributed by atoms with Gasteiger partial charge in [-0.3, -0.25) is 14.4 Å². The number of carbonyl (C=O) groups excluding carboxylic acids is 3. The molecule has 0 fully saturated rings. The number of nitrogens with one attached hydrogen (secondary N) is 1. The van der Waals surface area contributed by atoms with Crippen LogP contribution in [0.4, 0.5) is 0 Å². The van der Waals surface area contributed by atoms with E-state index in [1.165, 1.54) is 24.1 Å². The van der Waals surface area contributed by atoms with Gasteiger partial charge < -0.3 is 15.0 Å². The highest BCUT2D eigenvalue weighted by atomic mass is 32.2. The number of nitrogens with zero attached hydrogens (tertiary/aromatic N) is 2. The Morgan fingerprint density at radius 3 is 2.57 bits per heavy atom. The number of amides is 3. The first-order chi connectivity index (χ1) is 16.7. The van der Waals surface area contributed by atoms with E-state index in [1.807, 2.05) is 13.0 Å². The minimum atomic E-state index is -4.02. The van der Waals surface area contributed by atoms with Crippen molar-refractivity contribution in [3.63, 3.8) is 0 Å². The molecule has 1 N–H and O–H groups in total. The lowest BCUT2D eigenvalue weighted by Crippen LogP contribution is -2.48. The van der Waals surface area contributed by atoms with Crippen molar-refractivity contribution in [3.05, 3.63) is 59.7 Å². The molecule has 3 rings (SSSR count). The first-order valence-electron chi connectivity index (χ1n) is 11.6. The number of ether oxygens (including phenoxy) is 1. The number of hydrogen-bond donors (Lipinski definition) is 1. The molecule has 0 aromatic heterocycles. The van der Waals surface area contributed by atoms with E-state index in [0.717, 1.165) is 22.7 Å². The fourth-order valence-electron chi connectivity index (χ4n) is 3.88. The lowest BCUT2D eigenvalue weighted by Gasteiger charge is -2.29. The van der Waals surface area contributed by atoms with E-state index in [1.54, 1.807) is 37.3 Å². The molecule has 1 aliphatic heterocycles. The third-order valence-electron chi connectivity index (χ3n) is 5.92. The molecular formula is C25H31N3O6S. The molecule has 0 saturated heterocycles. The second kappa shape index (κ2) is 11.4. The van der Waals surface area contributed by atoms with Crippen molar-refractivity contribution in [1.29, 1.82) is 0 Å². The zero-order valence-corrected chi connectivity index (χ0v) is 21.0. The first kappa shape index (κ1) is 26.2. The molecule has 2 aromatic rings. The Kier molecular flexibility index (Phi) is 8.50. The molecule has 0 bridgehead atoms. The molecule has 10 heteroatoms. The molecular weight excluding hydrogens is 470 g/mol. The number of benzene rings is 2. The molecule has 35 heavy (non-hydrogen) atoms. The van der Waals surface area contributed by atoms with Crippen LogP contribution in [0.1, 0.15) is 49.0 Å². The van der Waals surface area contributed by atoms with Crippen molar-refractivity contribution in [2.45, 2.75) is 50.6 Å². The first-order valence-corrected chi connectivity index (χ1v) is 13.0. The van der Waals surface area contributed by atoms with Crippen molar-refractivity contribution in [2.24, 2.45) is 0 Å². The predicted molar refractivity (Wildman–Crippen MR) is 130 cm³/mol. The van der Waals surface area contributed by atoms with Gasteiger partial charge in [-0.15, -0.1) is 0 Å². The lowest BCUT2D eigenvalue weighted by molar-refractivity contribution is -0.140. The van der Waals surface area contributed by atoms with Crippen LogP contribution in [0.5, 0.6) is 5.75 Å². The maximum absolute atomic E-state index is 13.3. The van der Waals surface area contributed by atoms with Crippen LogP contribution in [0.2, 0.25) is 0 Å². The molecule has 0 radical (unpaired) electrons. The van der Waals surface area contributed by atoms with E-state index >= 15 is 0 Å². The van der Waals surface area contributed by atoms with Crippen LogP contribution in [-0.4, -0.2) is 61.6 Å². The minimum Gasteiger partial charge on any atom is -0.497 e. The maximum Gasteiger partial charge on any atom is 0.269 e. The summed E-state index contributed by atoms with van der Waals surface area (Å²) in [7, 11) is -2.48. The maximum atomic E-state index is 13.3. The van der Waals surface area contributed by atoms with Gasteiger partial charge in [0, 0.05) is 26.1 Å². The summed E-state index contributed by atoms with van der Waals surface area (Å²) in [5.41, 5.74) is 0.847. The molecule has 9 nitrogen and oxygen atoms in total. The summed E-state index contributed by atoms with van der Waals surface area (Å²) in [6, 6.07) is 12.3. The standard InChI is InChI=1S/C25H31N3O6S/c1-4-5-14-26-24(30)18(2)27(17-19-9-8-10-20(16-19)34-3)23(29)13-15-28-25(31)21-11-6-7-12-22(21)35(28,32)33/h6-12,16,18H,4-5,13-15,17H2,1-3H3,(H,26,30)/t18-/m0/s1. The summed E-state index contributed by atoms with van der Waals surface area (Å²) in [6.07, 6.45) is 1.48. The van der Waals surface area contributed by atoms with Gasteiger partial charge in [0.25, 0.3) is 15.9 Å². The van der Waals surface area contributed by atoms with Gasteiger partial charge in [-0.25, -0.2) is 12.7 Å². The number of hydrogen-bond acceptors (Lipinski definition) is 6. The van der Waals surface area contributed by atoms with Gasteiger partial charge >= 0.3 is 0 Å². The Hall–Kier alpha value is -3.40. The molecule has 3 amide bonds. The molecule has 0 aliphatic carbocycles. The number of fused-ring (bicyclic) bond motifs is 1. The van der Waals surface area contributed by atoms with Gasteiger partial charge in [-0.2, -0.15) is 0 Å². The normalized spacial score (nSPS) is 14.8. The number of methoxy groups -OCH3 is 1. The Labute approximate surface area is 206 Å². The van der Waals surface area contributed by atoms with Crippen LogP contribution in [0, 0.1) is 0 Å². The molecule has 0 saturated carbocycles. The summed E-state index contributed by atoms with van der Waals surface area (Å²) in [4.78, 5) is 40.1. The highest BCUT2D eigenvalue weighted by Crippen LogP contribution is 2.30. The number of unbranched alkanes of at least 4 members (excludes halogenated alkanes) is 1. The number of carbonyl (C=O) groups is 3. The van der Waals surface area contributed by atoms with Crippen molar-refractivity contribution in [3.8, 4) is 5.75 Å². The van der Waals surface area contributed by atoms with Gasteiger partial charge in [-0.05, 0) is 43.2 Å². The number of rotatable bonds is 11. The third kappa shape index (κ3) is 5.82. The summed E-state index contributed by atoms with van der Waals surface area (Å²) in [5.74, 6) is -0.781. The van der Waals surface area contributed by atoms with Crippen LogP contribution in [0.25, 0.3) is 0 Å². The van der Waals surface area contributed by atoms with Crippen molar-refractivity contribution < 1.29 is 27.5 Å². The molecule has 0 unspecified atom stereocenters. The second-order valence-electron chi connectivity index (χ2n) is 8.32. The average Bonchev–Trinajstić information content (AvgIpc) is 3.05. The van der Waals surface area contributed by atoms with Crippen molar-refractivity contribution in [1.82, 2.24) is 14.5 Å². The van der Waals surface area contributed by atoms with Gasteiger partial charge in [0.15, 0.2) is 0 Å². The molecule has 1 atom stereocenters. The fourth-order valence-corrected chi connectivity index (χ4v) is 5.45. The average molecular weight is 502 g/mol. The van der Waals surface area contributed by atoms with Crippen LogP contribution < -0.4 is 10.1 Å². The summed E-state index contributed by atoms with van der Waals surface area (Å²) in [6.45, 7) is 3.96. The Morgan fingerprint density at radius 1 is 1.14 bits per heavy atom. The van der Waals surface area contributed by atoms with Crippen molar-refractivity contribution >= 4 is 27.7 Å². The van der Waals surface area contributed by atoms with Crippen LogP contribution >= 0.6 is 0 Å². The topological polar surface area (TPSA) is 113 Å². The van der Waals surface area contributed by atoms with Crippen LogP contribution in [0.3, 0.4) is 0 Å². The van der Waals surface area contributed by atoms with Crippen molar-refractivity contribution in [2.75, 3.05) is 20.2 Å². The van der Waals surface area contributed by atoms with E-state index in [9.17, 15) is 22.8 Å².